The first-order valence-corrected chi connectivity index (χ1v) is 13.0. The van der Waals surface area contributed by atoms with Crippen LogP contribution < -0.4 is 0 Å². The van der Waals surface area contributed by atoms with E-state index in [9.17, 15) is 9.90 Å². The molecule has 4 heteroatoms. The lowest BCUT2D eigenvalue weighted by Gasteiger charge is -2.46. The summed E-state index contributed by atoms with van der Waals surface area (Å²) in [5.74, 6) is 3.01. The van der Waals surface area contributed by atoms with Crippen molar-refractivity contribution in [3.05, 3.63) is 0 Å². The van der Waals surface area contributed by atoms with E-state index in [0.29, 0.717) is 18.2 Å². The summed E-state index contributed by atoms with van der Waals surface area (Å²) >= 11 is 0. The number of rotatable bonds is 7. The smallest absolute Gasteiger partial charge is 0.150 e. The van der Waals surface area contributed by atoms with Gasteiger partial charge in [0.25, 0.3) is 0 Å². The van der Waals surface area contributed by atoms with E-state index in [0.717, 1.165) is 63.8 Å². The third-order valence-electron chi connectivity index (χ3n) is 9.67. The van der Waals surface area contributed by atoms with E-state index in [1.807, 2.05) is 0 Å². The molecule has 1 aliphatic heterocycles. The van der Waals surface area contributed by atoms with Crippen molar-refractivity contribution in [2.75, 3.05) is 32.8 Å². The van der Waals surface area contributed by atoms with Gasteiger partial charge in [0.15, 0.2) is 0 Å². The lowest BCUT2D eigenvalue weighted by Crippen LogP contribution is -2.45. The minimum Gasteiger partial charge on any atom is -0.390 e. The monoisotopic (exact) mass is 419 g/mol. The lowest BCUT2D eigenvalue weighted by atomic mass is 9.59. The van der Waals surface area contributed by atoms with Crippen LogP contribution in [0.5, 0.6) is 0 Å². The number of nitrogens with zero attached hydrogens (tertiary/aromatic N) is 1. The minimum absolute atomic E-state index is 0.225. The van der Waals surface area contributed by atoms with Crippen LogP contribution in [0, 0.1) is 29.1 Å². The van der Waals surface area contributed by atoms with E-state index >= 15 is 0 Å². The summed E-state index contributed by atoms with van der Waals surface area (Å²) in [5, 5.41) is 10.8. The average molecular weight is 420 g/mol. The van der Waals surface area contributed by atoms with Gasteiger partial charge in [-0.3, -0.25) is 9.69 Å². The molecule has 0 radical (unpaired) electrons. The van der Waals surface area contributed by atoms with Crippen molar-refractivity contribution < 1.29 is 14.6 Å². The molecule has 1 N–H and O–H groups in total. The van der Waals surface area contributed by atoms with Gasteiger partial charge in [0, 0.05) is 19.0 Å². The largest absolute Gasteiger partial charge is 0.390 e. The molecule has 0 aromatic carbocycles. The molecule has 0 aromatic rings. The molecule has 1 heterocycles. The number of hydrogen-bond acceptors (Lipinski definition) is 4. The predicted molar refractivity (Wildman–Crippen MR) is 120 cm³/mol. The third-order valence-corrected chi connectivity index (χ3v) is 9.67. The number of ketones is 1. The zero-order valence-electron chi connectivity index (χ0n) is 19.5. The molecule has 0 bridgehead atoms. The Labute approximate surface area is 184 Å². The van der Waals surface area contributed by atoms with Gasteiger partial charge in [0.05, 0.1) is 25.4 Å². The highest BCUT2D eigenvalue weighted by molar-refractivity contribution is 5.84. The highest BCUT2D eigenvalue weighted by Crippen LogP contribution is 2.59. The number of ether oxygens (including phenoxy) is 1. The maximum atomic E-state index is 13.3. The maximum Gasteiger partial charge on any atom is 0.150 e. The van der Waals surface area contributed by atoms with Crippen molar-refractivity contribution in [2.24, 2.45) is 29.1 Å². The molecule has 1 saturated heterocycles. The van der Waals surface area contributed by atoms with E-state index in [-0.39, 0.29) is 11.3 Å². The molecule has 0 amide bonds. The first kappa shape index (κ1) is 22.7. The third kappa shape index (κ3) is 4.81. The van der Waals surface area contributed by atoms with Crippen LogP contribution in [0.15, 0.2) is 0 Å². The van der Waals surface area contributed by atoms with Crippen LogP contribution in [0.3, 0.4) is 0 Å². The Morgan fingerprint density at radius 1 is 1.07 bits per heavy atom. The van der Waals surface area contributed by atoms with Crippen molar-refractivity contribution in [1.29, 1.82) is 0 Å². The normalized spacial score (nSPS) is 42.8. The summed E-state index contributed by atoms with van der Waals surface area (Å²) in [6, 6.07) is 0. The van der Waals surface area contributed by atoms with Gasteiger partial charge in [-0.1, -0.05) is 46.0 Å². The van der Waals surface area contributed by atoms with Crippen LogP contribution in [0.2, 0.25) is 0 Å². The van der Waals surface area contributed by atoms with E-state index in [1.54, 1.807) is 0 Å². The second kappa shape index (κ2) is 9.58. The standard InChI is InChI=1S/C26H45NO3/c1-3-26(29)13-4-6-20(18-26)8-9-21-7-5-12-25(2)22(21)10-11-23(25)24(28)19-27-14-16-30-17-15-27/h20-23,29H,3-19H2,1-2H3. The van der Waals surface area contributed by atoms with Gasteiger partial charge in [-0.15, -0.1) is 0 Å². The Bertz CT molecular complexity index is 589. The predicted octanol–water partition coefficient (Wildman–Crippen LogP) is 4.83. The molecule has 3 aliphatic carbocycles. The number of carbonyl (C=O) groups is 1. The maximum absolute atomic E-state index is 13.3. The summed E-state index contributed by atoms with van der Waals surface area (Å²) < 4.78 is 5.45. The van der Waals surface area contributed by atoms with E-state index < -0.39 is 5.60 Å². The molecule has 6 atom stereocenters. The first-order valence-electron chi connectivity index (χ1n) is 13.0. The molecule has 3 saturated carbocycles. The van der Waals surface area contributed by atoms with Crippen molar-refractivity contribution in [1.82, 2.24) is 4.90 Å². The fourth-order valence-corrected chi connectivity index (χ4v) is 7.79. The van der Waals surface area contributed by atoms with Gasteiger partial charge in [0.2, 0.25) is 0 Å². The first-order chi connectivity index (χ1) is 14.4. The second-order valence-corrected chi connectivity index (χ2v) is 11.4. The summed E-state index contributed by atoms with van der Waals surface area (Å²) in [4.78, 5) is 15.6. The summed E-state index contributed by atoms with van der Waals surface area (Å²) in [6.45, 7) is 8.59. The molecule has 4 aliphatic rings. The zero-order chi connectivity index (χ0) is 21.2. The van der Waals surface area contributed by atoms with Gasteiger partial charge >= 0.3 is 0 Å². The van der Waals surface area contributed by atoms with E-state index in [4.69, 9.17) is 4.74 Å². The van der Waals surface area contributed by atoms with Crippen molar-refractivity contribution >= 4 is 5.78 Å². The topological polar surface area (TPSA) is 49.8 Å². The molecule has 4 nitrogen and oxygen atoms in total. The zero-order valence-corrected chi connectivity index (χ0v) is 19.5. The Morgan fingerprint density at radius 3 is 2.60 bits per heavy atom. The van der Waals surface area contributed by atoms with Crippen LogP contribution in [0.4, 0.5) is 0 Å². The average Bonchev–Trinajstić information content (AvgIpc) is 3.11. The highest BCUT2D eigenvalue weighted by atomic mass is 16.5. The fourth-order valence-electron chi connectivity index (χ4n) is 7.79. The summed E-state index contributed by atoms with van der Waals surface area (Å²) in [6.07, 6.45) is 14.3. The SMILES string of the molecule is CCC1(O)CCCC(CCC2CCCC3(C)C(C(=O)CN4CCOCC4)CCC23)C1. The van der Waals surface area contributed by atoms with Crippen molar-refractivity contribution in [2.45, 2.75) is 96.5 Å². The molecule has 0 aromatic heterocycles. The van der Waals surface area contributed by atoms with Crippen LogP contribution in [0.1, 0.15) is 90.9 Å². The number of Topliss-reactive ketones (excluding diaryl/α,β-unsaturated/α-hetero) is 1. The molecule has 6 unspecified atom stereocenters. The van der Waals surface area contributed by atoms with E-state index in [2.05, 4.69) is 18.7 Å². The van der Waals surface area contributed by atoms with Crippen molar-refractivity contribution in [3.63, 3.8) is 0 Å². The molecule has 0 spiro atoms. The van der Waals surface area contributed by atoms with Gasteiger partial charge in [0.1, 0.15) is 5.78 Å². The molecule has 172 valence electrons. The van der Waals surface area contributed by atoms with Gasteiger partial charge in [-0.05, 0) is 68.1 Å². The quantitative estimate of drug-likeness (QED) is 0.642. The number of morpholine rings is 1. The fraction of sp³-hybridized carbons (Fsp3) is 0.962. The van der Waals surface area contributed by atoms with Gasteiger partial charge in [-0.25, -0.2) is 0 Å². The second-order valence-electron chi connectivity index (χ2n) is 11.4. The number of fused-ring (bicyclic) bond motifs is 1. The van der Waals surface area contributed by atoms with Crippen LogP contribution in [-0.4, -0.2) is 54.2 Å². The Morgan fingerprint density at radius 2 is 1.83 bits per heavy atom. The van der Waals surface area contributed by atoms with Crippen molar-refractivity contribution in [3.8, 4) is 0 Å². The minimum atomic E-state index is -0.394. The molecule has 30 heavy (non-hydrogen) atoms. The summed E-state index contributed by atoms with van der Waals surface area (Å²) in [5.41, 5.74) is -0.169. The molecular formula is C26H45NO3. The Hall–Kier alpha value is -0.450. The van der Waals surface area contributed by atoms with Crippen LogP contribution in [0.25, 0.3) is 0 Å². The van der Waals surface area contributed by atoms with Gasteiger partial charge in [-0.2, -0.15) is 0 Å². The Kier molecular flexibility index (Phi) is 7.26. The highest BCUT2D eigenvalue weighted by Gasteiger charge is 2.53. The Balaban J connectivity index is 1.33. The van der Waals surface area contributed by atoms with Gasteiger partial charge < -0.3 is 9.84 Å². The number of aliphatic hydroxyl groups is 1. The van der Waals surface area contributed by atoms with Crippen LogP contribution in [-0.2, 0) is 9.53 Å². The number of hydrogen-bond donors (Lipinski definition) is 1. The number of carbonyl (C=O) groups excluding carboxylic acids is 1. The summed E-state index contributed by atoms with van der Waals surface area (Å²) in [7, 11) is 0. The molecule has 4 rings (SSSR count). The molecular weight excluding hydrogens is 374 g/mol. The van der Waals surface area contributed by atoms with Crippen LogP contribution >= 0.6 is 0 Å². The van der Waals surface area contributed by atoms with E-state index in [1.165, 1.54) is 51.4 Å². The molecule has 4 fully saturated rings. The lowest BCUT2D eigenvalue weighted by molar-refractivity contribution is -0.130.